The fraction of sp³-hybridized carbons (Fsp3) is 0.321. The molecule has 3 aliphatic rings. The molecule has 5 rings (SSSR count). The number of hydrogen-bond acceptors (Lipinski definition) is 7. The minimum absolute atomic E-state index is 0.0947. The Morgan fingerprint density at radius 3 is 2.78 bits per heavy atom. The van der Waals surface area contributed by atoms with Gasteiger partial charge in [0.1, 0.15) is 17.5 Å². The van der Waals surface area contributed by atoms with Crippen molar-refractivity contribution in [3.05, 3.63) is 77.2 Å². The van der Waals surface area contributed by atoms with Crippen LogP contribution in [0.1, 0.15) is 25.0 Å². The maximum Gasteiger partial charge on any atom is 0.326 e. The number of nitrogens with zero attached hydrogens (tertiary/aromatic N) is 5. The van der Waals surface area contributed by atoms with Crippen molar-refractivity contribution in [2.24, 2.45) is 4.99 Å². The van der Waals surface area contributed by atoms with Crippen LogP contribution in [0.15, 0.2) is 65.2 Å². The van der Waals surface area contributed by atoms with Crippen molar-refractivity contribution in [1.82, 2.24) is 14.9 Å². The maximum absolute atomic E-state index is 15.2. The molecule has 1 N–H and O–H groups in total. The largest absolute Gasteiger partial charge is 0.421 e. The summed E-state index contributed by atoms with van der Waals surface area (Å²) in [6.07, 6.45) is 10.6. The van der Waals surface area contributed by atoms with Gasteiger partial charge in [-0.3, -0.25) is 9.89 Å². The van der Waals surface area contributed by atoms with E-state index in [2.05, 4.69) is 36.7 Å². The van der Waals surface area contributed by atoms with E-state index in [1.807, 2.05) is 56.4 Å². The molecule has 0 unspecified atom stereocenters. The Bertz CT molecular complexity index is 1290. The van der Waals surface area contributed by atoms with Gasteiger partial charge in [0, 0.05) is 44.4 Å². The molecule has 36 heavy (non-hydrogen) atoms. The monoisotopic (exact) mass is 486 g/mol. The van der Waals surface area contributed by atoms with Gasteiger partial charge in [0.15, 0.2) is 11.6 Å². The first-order valence-electron chi connectivity index (χ1n) is 12.3. The number of rotatable bonds is 7. The highest BCUT2D eigenvalue weighted by atomic mass is 19.1. The zero-order valence-electron chi connectivity index (χ0n) is 20.8. The zero-order valence-corrected chi connectivity index (χ0v) is 20.8. The molecule has 0 amide bonds. The fourth-order valence-corrected chi connectivity index (χ4v) is 4.69. The van der Waals surface area contributed by atoms with Crippen molar-refractivity contribution in [2.45, 2.75) is 20.3 Å². The molecular formula is C28H31FN6O. The highest BCUT2D eigenvalue weighted by Gasteiger charge is 2.22. The smallest absolute Gasteiger partial charge is 0.326 e. The first-order chi connectivity index (χ1) is 17.5. The molecule has 0 radical (unpaired) electrons. The number of halogens is 1. The number of hydrogen-bond donors (Lipinski definition) is 1. The number of fused-ring (bicyclic) bond motifs is 1. The van der Waals surface area contributed by atoms with Crippen LogP contribution >= 0.6 is 0 Å². The fourth-order valence-electron chi connectivity index (χ4n) is 4.69. The lowest BCUT2D eigenvalue weighted by molar-refractivity contribution is 0.283. The minimum atomic E-state index is -0.384. The summed E-state index contributed by atoms with van der Waals surface area (Å²) in [6.45, 7) is 12.7. The molecule has 1 aromatic carbocycles. The number of anilines is 2. The van der Waals surface area contributed by atoms with Gasteiger partial charge in [-0.15, -0.1) is 6.58 Å². The van der Waals surface area contributed by atoms with Crippen molar-refractivity contribution < 1.29 is 9.13 Å². The van der Waals surface area contributed by atoms with Crippen LogP contribution in [0.4, 0.5) is 16.0 Å². The number of amidine groups is 1. The Morgan fingerprint density at radius 1 is 1.17 bits per heavy atom. The maximum atomic E-state index is 15.2. The van der Waals surface area contributed by atoms with E-state index in [1.54, 1.807) is 6.07 Å². The molecule has 0 saturated carbocycles. The third-order valence-corrected chi connectivity index (χ3v) is 6.46. The van der Waals surface area contributed by atoms with Crippen LogP contribution in [0.2, 0.25) is 0 Å². The Kier molecular flexibility index (Phi) is 6.95. The summed E-state index contributed by atoms with van der Waals surface area (Å²) in [5, 5.41) is 3.28. The Balaban J connectivity index is 1.43. The Morgan fingerprint density at radius 2 is 2.00 bits per heavy atom. The highest BCUT2D eigenvalue weighted by Crippen LogP contribution is 2.34. The van der Waals surface area contributed by atoms with Gasteiger partial charge < -0.3 is 15.0 Å². The molecule has 1 saturated heterocycles. The summed E-state index contributed by atoms with van der Waals surface area (Å²) in [5.74, 6) is 1.74. The zero-order chi connectivity index (χ0) is 25.1. The molecule has 7 nitrogen and oxygen atoms in total. The molecule has 8 heteroatoms. The van der Waals surface area contributed by atoms with Crippen molar-refractivity contribution >= 4 is 23.5 Å². The predicted molar refractivity (Wildman–Crippen MR) is 144 cm³/mol. The average Bonchev–Trinajstić information content (AvgIpc) is 3.47. The van der Waals surface area contributed by atoms with Gasteiger partial charge >= 0.3 is 6.01 Å². The second-order valence-electron chi connectivity index (χ2n) is 9.24. The van der Waals surface area contributed by atoms with Gasteiger partial charge in [-0.1, -0.05) is 35.9 Å². The summed E-state index contributed by atoms with van der Waals surface area (Å²) in [5.41, 5.74) is 3.80. The average molecular weight is 487 g/mol. The van der Waals surface area contributed by atoms with Crippen molar-refractivity contribution in [1.29, 1.82) is 0 Å². The number of ether oxygens (including phenoxy) is 1. The van der Waals surface area contributed by atoms with E-state index in [0.29, 0.717) is 17.9 Å². The molecule has 3 heterocycles. The van der Waals surface area contributed by atoms with Gasteiger partial charge in [0.05, 0.1) is 6.54 Å². The summed E-state index contributed by atoms with van der Waals surface area (Å²) in [4.78, 5) is 18.3. The van der Waals surface area contributed by atoms with Crippen LogP contribution in [0.3, 0.4) is 0 Å². The van der Waals surface area contributed by atoms with E-state index in [1.165, 1.54) is 0 Å². The lowest BCUT2D eigenvalue weighted by atomic mass is 10.1. The van der Waals surface area contributed by atoms with Gasteiger partial charge in [-0.25, -0.2) is 4.39 Å². The first-order valence-corrected chi connectivity index (χ1v) is 12.3. The Labute approximate surface area is 211 Å². The second kappa shape index (κ2) is 10.5. The van der Waals surface area contributed by atoms with E-state index >= 15 is 4.39 Å². The molecule has 1 aliphatic carbocycles. The topological polar surface area (TPSA) is 65.9 Å². The lowest BCUT2D eigenvalue weighted by Gasteiger charge is -2.34. The predicted octanol–water partition coefficient (Wildman–Crippen LogP) is 5.00. The number of nitrogens with one attached hydrogen (secondary N) is 1. The van der Waals surface area contributed by atoms with Crippen LogP contribution in [0.5, 0.6) is 11.8 Å². The van der Waals surface area contributed by atoms with E-state index in [9.17, 15) is 0 Å². The molecule has 186 valence electrons. The van der Waals surface area contributed by atoms with Crippen LogP contribution in [-0.4, -0.2) is 60.0 Å². The van der Waals surface area contributed by atoms with Crippen LogP contribution in [-0.2, 0) is 6.42 Å². The van der Waals surface area contributed by atoms with E-state index < -0.39 is 0 Å². The van der Waals surface area contributed by atoms with Gasteiger partial charge in [-0.2, -0.15) is 9.97 Å². The van der Waals surface area contributed by atoms with Crippen LogP contribution in [0.25, 0.3) is 6.08 Å². The van der Waals surface area contributed by atoms with Crippen molar-refractivity contribution in [3.8, 4) is 11.8 Å². The SMILES string of the molecule is C=CCN1CCN(c2cc(NC3=NCC(/C=C/C)=C3)nc(Oc3ccc4c(c3F)C=C(C)C4)n2)CC1. The third-order valence-electron chi connectivity index (χ3n) is 6.46. The van der Waals surface area contributed by atoms with Gasteiger partial charge in [0.25, 0.3) is 0 Å². The quantitative estimate of drug-likeness (QED) is 0.556. The normalized spacial score (nSPS) is 17.6. The van der Waals surface area contributed by atoms with Crippen molar-refractivity contribution in [3.63, 3.8) is 0 Å². The second-order valence-corrected chi connectivity index (χ2v) is 9.24. The summed E-state index contributed by atoms with van der Waals surface area (Å²) in [7, 11) is 0. The summed E-state index contributed by atoms with van der Waals surface area (Å²) in [6, 6.07) is 5.55. The summed E-state index contributed by atoms with van der Waals surface area (Å²) < 4.78 is 21.2. The molecular weight excluding hydrogens is 455 g/mol. The van der Waals surface area contributed by atoms with Crippen LogP contribution < -0.4 is 15.0 Å². The van der Waals surface area contributed by atoms with Gasteiger partial charge in [0.2, 0.25) is 0 Å². The number of allylic oxidation sites excluding steroid dienone is 2. The molecule has 2 aliphatic heterocycles. The number of aromatic nitrogens is 2. The third kappa shape index (κ3) is 5.23. The van der Waals surface area contributed by atoms with Gasteiger partial charge in [-0.05, 0) is 43.5 Å². The lowest BCUT2D eigenvalue weighted by Crippen LogP contribution is -2.46. The Hall–Kier alpha value is -3.78. The first kappa shape index (κ1) is 23.9. The van der Waals surface area contributed by atoms with Crippen molar-refractivity contribution in [2.75, 3.05) is 49.5 Å². The molecule has 1 fully saturated rings. The molecule has 0 atom stereocenters. The molecule has 0 spiro atoms. The van der Waals surface area contributed by atoms with E-state index in [0.717, 1.165) is 67.5 Å². The number of benzene rings is 1. The van der Waals surface area contributed by atoms with E-state index in [-0.39, 0.29) is 17.6 Å². The molecule has 2 aromatic rings. The highest BCUT2D eigenvalue weighted by molar-refractivity contribution is 6.05. The van der Waals surface area contributed by atoms with E-state index in [4.69, 9.17) is 4.74 Å². The minimum Gasteiger partial charge on any atom is -0.421 e. The summed E-state index contributed by atoms with van der Waals surface area (Å²) >= 11 is 0. The number of piperazine rings is 1. The molecule has 1 aromatic heterocycles. The number of aliphatic imine (C=N–C) groups is 1. The molecule has 0 bridgehead atoms. The standard InChI is InChI=1S/C28H31FN6O/c1-4-6-20-16-24(30-18-20)31-25-17-26(35-12-10-34(9-5-2)11-13-35)33-28(32-25)36-23-8-7-21-14-19(3)15-22(21)27(23)29/h4-8,15-17H,2,9-14,18H2,1,3H3,(H,30,31,32,33)/b6-4+. The van der Waals surface area contributed by atoms with Crippen LogP contribution in [0, 0.1) is 5.82 Å².